The molecule has 11 aromatic carbocycles. The van der Waals surface area contributed by atoms with Crippen LogP contribution in [0.15, 0.2) is 302 Å². The molecule has 0 aliphatic carbocycles. The molecule has 1 aromatic heterocycles. The summed E-state index contributed by atoms with van der Waals surface area (Å²) in [5.74, 6) is 0. The van der Waals surface area contributed by atoms with Crippen LogP contribution in [-0.4, -0.2) is 4.98 Å². The van der Waals surface area contributed by atoms with E-state index in [-0.39, 0.29) is 20.1 Å². The molecule has 2 aliphatic heterocycles. The summed E-state index contributed by atoms with van der Waals surface area (Å²) in [6.07, 6.45) is 2.01. The van der Waals surface area contributed by atoms with Crippen molar-refractivity contribution in [2.24, 2.45) is 0 Å². The third-order valence-electron chi connectivity index (χ3n) is 16.9. The number of allylic oxidation sites excluding steroid dienone is 4. The quantitative estimate of drug-likeness (QED) is 0.107. The minimum atomic E-state index is 0. The number of hydrogen-bond acceptors (Lipinski definition) is 5. The maximum absolute atomic E-state index is 5.13. The van der Waals surface area contributed by atoms with Gasteiger partial charge in [-0.15, -0.1) is 83.4 Å². The summed E-state index contributed by atoms with van der Waals surface area (Å²) in [6, 6.07) is 108. The molecule has 3 heterocycles. The fraction of sp³-hybridized carbons (Fsp3) is 0.0494. The van der Waals surface area contributed by atoms with Crippen LogP contribution >= 0.6 is 0 Å². The SMILES string of the molecule is CC1=C(C)N(c2ccccc2)[CH-]N1c1[c-]cc(-c2ccccc2-c2cc(-c3ccccc3-c3c[c-]c(N4[CH-]N(c5ccccc5)C(C)=C4C)cc3)cc(-c3ccccc3-c3ccc(-c4[c-]ccc(-c5ccc(-c6ccccc6)cc5)c4)nc3)c2)cc1.[Ir]. The number of aromatic nitrogens is 1. The number of para-hydroxylation sites is 2. The van der Waals surface area contributed by atoms with Crippen molar-refractivity contribution in [3.8, 4) is 100 Å². The van der Waals surface area contributed by atoms with Gasteiger partial charge < -0.3 is 24.6 Å². The number of nitrogens with zero attached hydrogens (tertiary/aromatic N) is 5. The Morgan fingerprint density at radius 1 is 0.299 bits per heavy atom. The van der Waals surface area contributed by atoms with Crippen molar-refractivity contribution < 1.29 is 20.1 Å². The van der Waals surface area contributed by atoms with Crippen LogP contribution in [0.3, 0.4) is 0 Å². The second-order valence-electron chi connectivity index (χ2n) is 22.0. The van der Waals surface area contributed by atoms with Gasteiger partial charge in [0.1, 0.15) is 0 Å². The summed E-state index contributed by atoms with van der Waals surface area (Å²) in [6.45, 7) is 13.0. The third kappa shape index (κ3) is 11.1. The fourth-order valence-corrected chi connectivity index (χ4v) is 12.0. The Morgan fingerprint density at radius 2 is 0.655 bits per heavy atom. The molecule has 0 fully saturated rings. The van der Waals surface area contributed by atoms with Gasteiger partial charge in [0.15, 0.2) is 0 Å². The molecule has 0 spiro atoms. The van der Waals surface area contributed by atoms with E-state index in [4.69, 9.17) is 4.98 Å². The molecule has 6 heteroatoms. The van der Waals surface area contributed by atoms with Crippen LogP contribution in [0.1, 0.15) is 27.7 Å². The van der Waals surface area contributed by atoms with Crippen molar-refractivity contribution in [1.29, 1.82) is 0 Å². The molecule has 87 heavy (non-hydrogen) atoms. The maximum Gasteiger partial charge on any atom is 0.0239 e. The number of benzene rings is 11. The Balaban J connectivity index is 0.00000700. The Bertz CT molecular complexity index is 4300. The third-order valence-corrected chi connectivity index (χ3v) is 16.9. The molecule has 5 nitrogen and oxygen atoms in total. The largest absolute Gasteiger partial charge is 0.497 e. The summed E-state index contributed by atoms with van der Waals surface area (Å²) >= 11 is 0. The van der Waals surface area contributed by atoms with Crippen LogP contribution in [0.2, 0.25) is 0 Å². The monoisotopic (exact) mass is 1300 g/mol. The zero-order valence-electron chi connectivity index (χ0n) is 48.8. The predicted octanol–water partition coefficient (Wildman–Crippen LogP) is 20.9. The molecule has 12 aromatic rings. The van der Waals surface area contributed by atoms with Gasteiger partial charge in [0, 0.05) is 60.5 Å². The molecule has 0 saturated carbocycles. The smallest absolute Gasteiger partial charge is 0.0239 e. The number of hydrogen-bond donors (Lipinski definition) is 0. The van der Waals surface area contributed by atoms with Gasteiger partial charge in [0.2, 0.25) is 0 Å². The topological polar surface area (TPSA) is 25.9 Å². The van der Waals surface area contributed by atoms with Gasteiger partial charge in [0.05, 0.1) is 0 Å². The van der Waals surface area contributed by atoms with Crippen molar-refractivity contribution in [1.82, 2.24) is 4.98 Å². The molecule has 0 atom stereocenters. The van der Waals surface area contributed by atoms with E-state index >= 15 is 0 Å². The Labute approximate surface area is 525 Å². The average Bonchev–Trinajstić information content (AvgIpc) is 2.55. The Hall–Kier alpha value is -10.1. The molecule has 0 bridgehead atoms. The first-order valence-electron chi connectivity index (χ1n) is 29.2. The fourth-order valence-electron chi connectivity index (χ4n) is 12.0. The van der Waals surface area contributed by atoms with E-state index in [0.29, 0.717) is 0 Å². The van der Waals surface area contributed by atoms with Gasteiger partial charge >= 0.3 is 0 Å². The minimum absolute atomic E-state index is 0. The molecule has 0 amide bonds. The second kappa shape index (κ2) is 24.5. The van der Waals surface area contributed by atoms with Crippen molar-refractivity contribution in [3.05, 3.63) is 334 Å². The first-order chi connectivity index (χ1) is 42.3. The predicted molar refractivity (Wildman–Crippen MR) is 358 cm³/mol. The average molecular weight is 1300 g/mol. The van der Waals surface area contributed by atoms with Gasteiger partial charge in [-0.25, -0.2) is 0 Å². The summed E-state index contributed by atoms with van der Waals surface area (Å²) in [4.78, 5) is 14.1. The number of pyridine rings is 1. The number of anilines is 4. The molecule has 0 saturated heterocycles. The van der Waals surface area contributed by atoms with E-state index in [1.54, 1.807) is 0 Å². The zero-order chi connectivity index (χ0) is 58.1. The first kappa shape index (κ1) is 56.1. The molecule has 2 aliphatic rings. The van der Waals surface area contributed by atoms with Gasteiger partial charge in [-0.3, -0.25) is 0 Å². The van der Waals surface area contributed by atoms with Crippen molar-refractivity contribution in [2.75, 3.05) is 19.6 Å². The van der Waals surface area contributed by atoms with E-state index in [9.17, 15) is 0 Å². The van der Waals surface area contributed by atoms with Gasteiger partial charge in [-0.05, 0) is 137 Å². The molecular weight excluding hydrogens is 1240 g/mol. The molecule has 423 valence electrons. The van der Waals surface area contributed by atoms with Crippen LogP contribution in [-0.2, 0) is 20.1 Å². The van der Waals surface area contributed by atoms with E-state index < -0.39 is 0 Å². The van der Waals surface area contributed by atoms with Gasteiger partial charge in [0.25, 0.3) is 0 Å². The van der Waals surface area contributed by atoms with Crippen LogP contribution in [0.5, 0.6) is 0 Å². The normalized spacial score (nSPS) is 13.1. The molecule has 0 N–H and O–H groups in total. The summed E-state index contributed by atoms with van der Waals surface area (Å²) in [7, 11) is 0. The van der Waals surface area contributed by atoms with Crippen LogP contribution in [0, 0.1) is 31.5 Å². The van der Waals surface area contributed by atoms with E-state index in [1.807, 2.05) is 12.3 Å². The molecular formula is C81H60IrN5-5. The van der Waals surface area contributed by atoms with E-state index in [1.165, 1.54) is 22.5 Å². The van der Waals surface area contributed by atoms with Gasteiger partial charge in [-0.1, -0.05) is 187 Å². The Morgan fingerprint density at radius 3 is 1.07 bits per heavy atom. The van der Waals surface area contributed by atoms with Crippen molar-refractivity contribution in [2.45, 2.75) is 27.7 Å². The Kier molecular flexibility index (Phi) is 15.8. The van der Waals surface area contributed by atoms with Crippen molar-refractivity contribution >= 4 is 22.7 Å². The maximum atomic E-state index is 5.13. The number of rotatable bonds is 13. The molecule has 0 unspecified atom stereocenters. The molecule has 14 rings (SSSR count). The molecule has 1 radical (unpaired) electrons. The standard InChI is InChI=1S/C81H60N5.Ir/c1-56-58(3)85(54-83(56)71-25-10-6-11-26-71)73-44-39-63(40-45-73)75-29-14-17-32-78(75)68-50-69(79-33-18-15-30-76(79)64-41-46-74(47-42-64)86-55-84(57(2)59(86)4)72-27-12-7-13-28-72)52-70(51-68)80-34-19-16-31-77(80)67-43-48-81(82-53-67)66-24-20-23-65(49-66)62-37-35-61(36-38-62)60-21-8-5-9-22-60;/h5-23,25-44,46,48-55H,1-4H3;/q-5;. The van der Waals surface area contributed by atoms with Crippen LogP contribution < -0.4 is 19.6 Å². The second-order valence-corrected chi connectivity index (χ2v) is 22.0. The summed E-state index contributed by atoms with van der Waals surface area (Å²) in [5, 5.41) is 0. The minimum Gasteiger partial charge on any atom is -0.497 e. The van der Waals surface area contributed by atoms with Gasteiger partial charge in [-0.2, -0.15) is 36.4 Å². The summed E-state index contributed by atoms with van der Waals surface area (Å²) < 4.78 is 0. The summed E-state index contributed by atoms with van der Waals surface area (Å²) in [5.41, 5.74) is 28.6. The van der Waals surface area contributed by atoms with E-state index in [2.05, 4.69) is 346 Å². The van der Waals surface area contributed by atoms with Crippen LogP contribution in [0.25, 0.3) is 100 Å². The van der Waals surface area contributed by atoms with Crippen molar-refractivity contribution in [3.63, 3.8) is 0 Å². The van der Waals surface area contributed by atoms with Crippen LogP contribution in [0.4, 0.5) is 22.7 Å². The zero-order valence-corrected chi connectivity index (χ0v) is 51.2. The first-order valence-corrected chi connectivity index (χ1v) is 29.2. The van der Waals surface area contributed by atoms with E-state index in [0.717, 1.165) is 123 Å².